The monoisotopic (exact) mass is 411 g/mol. The molecule has 0 aliphatic carbocycles. The highest BCUT2D eigenvalue weighted by molar-refractivity contribution is 14.1. The predicted molar refractivity (Wildman–Crippen MR) is 89.1 cm³/mol. The first-order chi connectivity index (χ1) is 10.7. The number of ether oxygens (including phenoxy) is 3. The minimum Gasteiger partial charge on any atom is -0.484 e. The Labute approximate surface area is 141 Å². The summed E-state index contributed by atoms with van der Waals surface area (Å²) in [4.78, 5) is 11.8. The van der Waals surface area contributed by atoms with Gasteiger partial charge in [0, 0.05) is 10.1 Å². The predicted octanol–water partition coefficient (Wildman–Crippen LogP) is 2.72. The molecule has 1 heterocycles. The maximum atomic E-state index is 11.8. The van der Waals surface area contributed by atoms with E-state index in [2.05, 4.69) is 27.9 Å². The van der Waals surface area contributed by atoms with Crippen LogP contribution >= 0.6 is 22.6 Å². The quantitative estimate of drug-likeness (QED) is 0.769. The van der Waals surface area contributed by atoms with E-state index in [9.17, 15) is 4.79 Å². The van der Waals surface area contributed by atoms with Gasteiger partial charge in [-0.25, -0.2) is 0 Å². The fraction of sp³-hybridized carbons (Fsp3) is 0.188. The van der Waals surface area contributed by atoms with Crippen LogP contribution in [0.3, 0.4) is 0 Å². The van der Waals surface area contributed by atoms with Crippen LogP contribution in [-0.4, -0.2) is 19.3 Å². The van der Waals surface area contributed by atoms with Gasteiger partial charge in [0.15, 0.2) is 18.1 Å². The smallest absolute Gasteiger partial charge is 0.258 e. The summed E-state index contributed by atoms with van der Waals surface area (Å²) in [5.41, 5.74) is 0.951. The summed E-state index contributed by atoms with van der Waals surface area (Å²) in [5.74, 6) is 1.95. The van der Waals surface area contributed by atoms with E-state index in [1.807, 2.05) is 42.5 Å². The number of rotatable bonds is 5. The standard InChI is InChI=1S/C16H14INO4/c17-12-2-4-13(5-3-12)20-9-16(19)18-8-11-1-6-14-15(7-11)22-10-21-14/h1-7H,8-10H2,(H,18,19). The Morgan fingerprint density at radius 3 is 2.73 bits per heavy atom. The van der Waals surface area contributed by atoms with Gasteiger partial charge in [-0.15, -0.1) is 0 Å². The highest BCUT2D eigenvalue weighted by atomic mass is 127. The molecule has 1 N–H and O–H groups in total. The summed E-state index contributed by atoms with van der Waals surface area (Å²) in [7, 11) is 0. The highest BCUT2D eigenvalue weighted by Gasteiger charge is 2.13. The van der Waals surface area contributed by atoms with Gasteiger partial charge in [-0.1, -0.05) is 6.07 Å². The van der Waals surface area contributed by atoms with Crippen LogP contribution < -0.4 is 19.5 Å². The average molecular weight is 411 g/mol. The first kappa shape index (κ1) is 15.0. The number of halogens is 1. The number of hydrogen-bond donors (Lipinski definition) is 1. The second kappa shape index (κ2) is 6.87. The first-order valence-corrected chi connectivity index (χ1v) is 7.82. The number of hydrogen-bond acceptors (Lipinski definition) is 4. The van der Waals surface area contributed by atoms with Crippen molar-refractivity contribution in [3.63, 3.8) is 0 Å². The molecule has 22 heavy (non-hydrogen) atoms. The SMILES string of the molecule is O=C(COc1ccc(I)cc1)NCc1ccc2c(c1)OCO2. The molecule has 0 spiro atoms. The molecule has 1 aliphatic heterocycles. The third-order valence-corrected chi connectivity index (χ3v) is 3.83. The van der Waals surface area contributed by atoms with Crippen LogP contribution in [0.25, 0.3) is 0 Å². The maximum absolute atomic E-state index is 11.8. The third kappa shape index (κ3) is 3.82. The number of amides is 1. The molecule has 0 atom stereocenters. The van der Waals surface area contributed by atoms with Gasteiger partial charge < -0.3 is 19.5 Å². The molecular weight excluding hydrogens is 397 g/mol. The summed E-state index contributed by atoms with van der Waals surface area (Å²) < 4.78 is 17.1. The second-order valence-corrected chi connectivity index (χ2v) is 5.95. The Hall–Kier alpha value is -1.96. The Morgan fingerprint density at radius 2 is 1.91 bits per heavy atom. The molecule has 1 amide bonds. The van der Waals surface area contributed by atoms with E-state index in [1.54, 1.807) is 0 Å². The van der Waals surface area contributed by atoms with Crippen molar-refractivity contribution in [2.45, 2.75) is 6.54 Å². The summed E-state index contributed by atoms with van der Waals surface area (Å²) in [6.45, 7) is 0.658. The minimum atomic E-state index is -0.170. The van der Waals surface area contributed by atoms with Gasteiger partial charge in [-0.05, 0) is 64.6 Å². The van der Waals surface area contributed by atoms with Crippen LogP contribution in [0.4, 0.5) is 0 Å². The van der Waals surface area contributed by atoms with E-state index < -0.39 is 0 Å². The maximum Gasteiger partial charge on any atom is 0.258 e. The van der Waals surface area contributed by atoms with Crippen molar-refractivity contribution in [3.05, 3.63) is 51.6 Å². The van der Waals surface area contributed by atoms with Crippen LogP contribution in [0, 0.1) is 3.57 Å². The van der Waals surface area contributed by atoms with E-state index >= 15 is 0 Å². The lowest BCUT2D eigenvalue weighted by Crippen LogP contribution is -2.28. The van der Waals surface area contributed by atoms with Gasteiger partial charge in [-0.3, -0.25) is 4.79 Å². The van der Waals surface area contributed by atoms with Crippen molar-refractivity contribution in [1.82, 2.24) is 5.32 Å². The van der Waals surface area contributed by atoms with Crippen molar-refractivity contribution in [3.8, 4) is 17.2 Å². The molecule has 114 valence electrons. The Balaban J connectivity index is 1.47. The van der Waals surface area contributed by atoms with E-state index in [-0.39, 0.29) is 19.3 Å². The molecule has 0 radical (unpaired) electrons. The van der Waals surface area contributed by atoms with Crippen LogP contribution in [0.1, 0.15) is 5.56 Å². The number of fused-ring (bicyclic) bond motifs is 1. The molecule has 5 nitrogen and oxygen atoms in total. The van der Waals surface area contributed by atoms with Crippen molar-refractivity contribution >= 4 is 28.5 Å². The topological polar surface area (TPSA) is 56.8 Å². The number of carbonyl (C=O) groups is 1. The zero-order valence-corrected chi connectivity index (χ0v) is 13.8. The van der Waals surface area contributed by atoms with Crippen molar-refractivity contribution < 1.29 is 19.0 Å². The molecule has 6 heteroatoms. The van der Waals surface area contributed by atoms with Gasteiger partial charge in [0.2, 0.25) is 6.79 Å². The van der Waals surface area contributed by atoms with Gasteiger partial charge in [0.25, 0.3) is 5.91 Å². The zero-order valence-electron chi connectivity index (χ0n) is 11.7. The molecular formula is C16H14INO4. The second-order valence-electron chi connectivity index (χ2n) is 4.71. The number of nitrogens with one attached hydrogen (secondary N) is 1. The summed E-state index contributed by atoms with van der Waals surface area (Å²) >= 11 is 2.22. The summed E-state index contributed by atoms with van der Waals surface area (Å²) in [5, 5.41) is 2.81. The van der Waals surface area contributed by atoms with Crippen LogP contribution in [0.2, 0.25) is 0 Å². The van der Waals surface area contributed by atoms with Crippen molar-refractivity contribution in [2.24, 2.45) is 0 Å². The van der Waals surface area contributed by atoms with Gasteiger partial charge in [-0.2, -0.15) is 0 Å². The van der Waals surface area contributed by atoms with Gasteiger partial charge >= 0.3 is 0 Å². The van der Waals surface area contributed by atoms with Crippen LogP contribution in [0.15, 0.2) is 42.5 Å². The summed E-state index contributed by atoms with van der Waals surface area (Å²) in [6.07, 6.45) is 0. The van der Waals surface area contributed by atoms with Crippen LogP contribution in [0.5, 0.6) is 17.2 Å². The minimum absolute atomic E-state index is 0.00879. The largest absolute Gasteiger partial charge is 0.484 e. The average Bonchev–Trinajstić information content (AvgIpc) is 3.00. The third-order valence-electron chi connectivity index (χ3n) is 3.11. The Kier molecular flexibility index (Phi) is 4.67. The lowest BCUT2D eigenvalue weighted by Gasteiger charge is -2.08. The van der Waals surface area contributed by atoms with E-state index in [0.29, 0.717) is 18.0 Å². The molecule has 0 saturated heterocycles. The molecule has 3 rings (SSSR count). The van der Waals surface area contributed by atoms with Crippen LogP contribution in [-0.2, 0) is 11.3 Å². The van der Waals surface area contributed by atoms with E-state index in [1.165, 1.54) is 0 Å². The van der Waals surface area contributed by atoms with E-state index in [0.717, 1.165) is 14.9 Å². The van der Waals surface area contributed by atoms with Gasteiger partial charge in [0.05, 0.1) is 0 Å². The summed E-state index contributed by atoms with van der Waals surface area (Å²) in [6, 6.07) is 13.1. The lowest BCUT2D eigenvalue weighted by molar-refractivity contribution is -0.123. The lowest BCUT2D eigenvalue weighted by atomic mass is 10.2. The highest BCUT2D eigenvalue weighted by Crippen LogP contribution is 2.32. The van der Waals surface area contributed by atoms with Gasteiger partial charge in [0.1, 0.15) is 5.75 Å². The molecule has 0 aromatic heterocycles. The molecule has 0 bridgehead atoms. The number of carbonyl (C=O) groups excluding carboxylic acids is 1. The van der Waals surface area contributed by atoms with Crippen molar-refractivity contribution in [1.29, 1.82) is 0 Å². The fourth-order valence-corrected chi connectivity index (χ4v) is 2.34. The molecule has 2 aromatic carbocycles. The number of benzene rings is 2. The zero-order chi connectivity index (χ0) is 15.4. The first-order valence-electron chi connectivity index (χ1n) is 6.74. The molecule has 0 saturated carbocycles. The molecule has 0 fully saturated rings. The fourth-order valence-electron chi connectivity index (χ4n) is 1.98. The van der Waals surface area contributed by atoms with Crippen molar-refractivity contribution in [2.75, 3.05) is 13.4 Å². The normalized spacial score (nSPS) is 12.0. The molecule has 0 unspecified atom stereocenters. The molecule has 2 aromatic rings. The Morgan fingerprint density at radius 1 is 1.14 bits per heavy atom. The molecule has 1 aliphatic rings. The van der Waals surface area contributed by atoms with E-state index in [4.69, 9.17) is 14.2 Å². The Bertz CT molecular complexity index is 672.